The van der Waals surface area contributed by atoms with Gasteiger partial charge in [-0.15, -0.1) is 0 Å². The fraction of sp³-hybridized carbons (Fsp3) is 0.417. The number of carboxylic acid groups (broad SMARTS) is 1. The van der Waals surface area contributed by atoms with E-state index in [1.165, 1.54) is 6.08 Å². The van der Waals surface area contributed by atoms with Crippen LogP contribution in [0.5, 0.6) is 0 Å². The van der Waals surface area contributed by atoms with Crippen molar-refractivity contribution in [2.45, 2.75) is 19.9 Å². The molecule has 18 heavy (non-hydrogen) atoms. The first-order valence-electron chi connectivity index (χ1n) is 5.61. The number of aryl methyl sites for hydroxylation is 1. The highest BCUT2D eigenvalue weighted by Crippen LogP contribution is 2.03. The Morgan fingerprint density at radius 1 is 1.50 bits per heavy atom. The smallest absolute Gasteiger partial charge is 0.326 e. The Balaban J connectivity index is 2.64. The monoisotopic (exact) mass is 251 g/mol. The summed E-state index contributed by atoms with van der Waals surface area (Å²) in [5.74, 6) is -1.64. The minimum Gasteiger partial charge on any atom is -0.480 e. The minimum atomic E-state index is -1.03. The van der Waals surface area contributed by atoms with E-state index in [9.17, 15) is 9.59 Å². The number of carbonyl (C=O) groups is 2. The Morgan fingerprint density at radius 2 is 2.17 bits per heavy atom. The van der Waals surface area contributed by atoms with Gasteiger partial charge in [-0.1, -0.05) is 13.8 Å². The summed E-state index contributed by atoms with van der Waals surface area (Å²) in [6.45, 7) is 3.48. The third-order valence-electron chi connectivity index (χ3n) is 2.49. The number of aliphatic carboxylic acids is 1. The van der Waals surface area contributed by atoms with Gasteiger partial charge in [0.25, 0.3) is 0 Å². The minimum absolute atomic E-state index is 0.170. The SMILES string of the molecule is CC(C)[C@H](NC(=O)/C=C/c1ccnn1C)C(=O)O. The Hall–Kier alpha value is -2.11. The summed E-state index contributed by atoms with van der Waals surface area (Å²) in [5.41, 5.74) is 0.765. The normalized spacial score (nSPS) is 12.9. The topological polar surface area (TPSA) is 84.2 Å². The maximum atomic E-state index is 11.6. The molecular formula is C12H17N3O3. The number of hydrogen-bond acceptors (Lipinski definition) is 3. The molecule has 1 amide bonds. The van der Waals surface area contributed by atoms with Gasteiger partial charge in [0, 0.05) is 19.3 Å². The number of hydrogen-bond donors (Lipinski definition) is 2. The maximum Gasteiger partial charge on any atom is 0.326 e. The molecule has 0 fully saturated rings. The van der Waals surface area contributed by atoms with E-state index in [1.54, 1.807) is 43.9 Å². The zero-order valence-corrected chi connectivity index (χ0v) is 10.6. The molecule has 0 saturated carbocycles. The van der Waals surface area contributed by atoms with E-state index < -0.39 is 17.9 Å². The number of nitrogens with one attached hydrogen (secondary N) is 1. The lowest BCUT2D eigenvalue weighted by Gasteiger charge is -2.16. The molecule has 6 nitrogen and oxygen atoms in total. The van der Waals surface area contributed by atoms with E-state index in [0.29, 0.717) is 0 Å². The molecule has 0 unspecified atom stereocenters. The third kappa shape index (κ3) is 3.73. The Morgan fingerprint density at radius 3 is 2.61 bits per heavy atom. The van der Waals surface area contributed by atoms with Crippen molar-refractivity contribution < 1.29 is 14.7 Å². The average molecular weight is 251 g/mol. The molecule has 0 spiro atoms. The van der Waals surface area contributed by atoms with Crippen LogP contribution in [0, 0.1) is 5.92 Å². The molecule has 0 radical (unpaired) electrons. The first-order valence-corrected chi connectivity index (χ1v) is 5.61. The largest absolute Gasteiger partial charge is 0.480 e. The molecule has 0 bridgehead atoms. The van der Waals surface area contributed by atoms with Crippen molar-refractivity contribution in [3.63, 3.8) is 0 Å². The van der Waals surface area contributed by atoms with E-state index >= 15 is 0 Å². The number of carboxylic acids is 1. The molecule has 0 aliphatic rings. The quantitative estimate of drug-likeness (QED) is 0.753. The fourth-order valence-corrected chi connectivity index (χ4v) is 1.42. The molecule has 0 saturated heterocycles. The van der Waals surface area contributed by atoms with Crippen LogP contribution >= 0.6 is 0 Å². The zero-order chi connectivity index (χ0) is 13.7. The van der Waals surface area contributed by atoms with Crippen molar-refractivity contribution in [2.24, 2.45) is 13.0 Å². The number of nitrogens with zero attached hydrogens (tertiary/aromatic N) is 2. The first-order chi connectivity index (χ1) is 8.41. The van der Waals surface area contributed by atoms with Crippen LogP contribution in [0.3, 0.4) is 0 Å². The Labute approximate surface area is 105 Å². The van der Waals surface area contributed by atoms with Crippen LogP contribution in [0.15, 0.2) is 18.3 Å². The second-order valence-corrected chi connectivity index (χ2v) is 4.28. The molecule has 0 aromatic carbocycles. The molecule has 0 aliphatic heterocycles. The Kier molecular flexibility index (Phi) is 4.65. The summed E-state index contributed by atoms with van der Waals surface area (Å²) >= 11 is 0. The first kappa shape index (κ1) is 14.0. The van der Waals surface area contributed by atoms with E-state index in [-0.39, 0.29) is 5.92 Å². The van der Waals surface area contributed by atoms with Crippen molar-refractivity contribution in [2.75, 3.05) is 0 Å². The van der Waals surface area contributed by atoms with Crippen LogP contribution in [-0.4, -0.2) is 32.8 Å². The maximum absolute atomic E-state index is 11.6. The average Bonchev–Trinajstić information content (AvgIpc) is 2.68. The van der Waals surface area contributed by atoms with Crippen molar-refractivity contribution in [1.82, 2.24) is 15.1 Å². The van der Waals surface area contributed by atoms with Gasteiger partial charge in [0.05, 0.1) is 5.69 Å². The predicted octanol–water partition coefficient (Wildman–Crippen LogP) is 0.659. The highest BCUT2D eigenvalue weighted by molar-refractivity contribution is 5.94. The second-order valence-electron chi connectivity index (χ2n) is 4.28. The van der Waals surface area contributed by atoms with Crippen molar-refractivity contribution >= 4 is 18.0 Å². The van der Waals surface area contributed by atoms with Crippen LogP contribution in [0.2, 0.25) is 0 Å². The predicted molar refractivity (Wildman–Crippen MR) is 66.6 cm³/mol. The summed E-state index contributed by atoms with van der Waals surface area (Å²) < 4.78 is 1.61. The summed E-state index contributed by atoms with van der Waals surface area (Å²) in [6.07, 6.45) is 4.50. The number of rotatable bonds is 5. The lowest BCUT2D eigenvalue weighted by atomic mass is 10.0. The number of amides is 1. The van der Waals surface area contributed by atoms with Gasteiger partial charge >= 0.3 is 5.97 Å². The van der Waals surface area contributed by atoms with Gasteiger partial charge in [-0.3, -0.25) is 9.48 Å². The molecule has 1 atom stereocenters. The molecule has 1 aromatic heterocycles. The highest BCUT2D eigenvalue weighted by Gasteiger charge is 2.22. The molecule has 2 N–H and O–H groups in total. The summed E-state index contributed by atoms with van der Waals surface area (Å²) in [4.78, 5) is 22.5. The van der Waals surface area contributed by atoms with Gasteiger partial charge in [0.15, 0.2) is 0 Å². The highest BCUT2D eigenvalue weighted by atomic mass is 16.4. The zero-order valence-electron chi connectivity index (χ0n) is 10.6. The summed E-state index contributed by atoms with van der Waals surface area (Å²) in [5, 5.41) is 15.3. The van der Waals surface area contributed by atoms with Crippen LogP contribution < -0.4 is 5.32 Å². The van der Waals surface area contributed by atoms with Crippen LogP contribution in [0.25, 0.3) is 6.08 Å². The summed E-state index contributed by atoms with van der Waals surface area (Å²) in [6, 6.07) is 0.870. The molecular weight excluding hydrogens is 234 g/mol. The van der Waals surface area contributed by atoms with Crippen LogP contribution in [0.1, 0.15) is 19.5 Å². The molecule has 0 aliphatic carbocycles. The fourth-order valence-electron chi connectivity index (χ4n) is 1.42. The van der Waals surface area contributed by atoms with E-state index in [4.69, 9.17) is 5.11 Å². The standard InChI is InChI=1S/C12H17N3O3/c1-8(2)11(12(17)18)14-10(16)5-4-9-6-7-13-15(9)3/h4-8,11H,1-3H3,(H,14,16)(H,17,18)/b5-4+/t11-/m0/s1. The van der Waals surface area contributed by atoms with Crippen molar-refractivity contribution in [3.8, 4) is 0 Å². The molecule has 98 valence electrons. The van der Waals surface area contributed by atoms with E-state index in [1.807, 2.05) is 0 Å². The van der Waals surface area contributed by atoms with Crippen molar-refractivity contribution in [3.05, 3.63) is 24.0 Å². The van der Waals surface area contributed by atoms with Gasteiger partial charge < -0.3 is 10.4 Å². The molecule has 1 rings (SSSR count). The number of carbonyl (C=O) groups excluding carboxylic acids is 1. The summed E-state index contributed by atoms with van der Waals surface area (Å²) in [7, 11) is 1.76. The van der Waals surface area contributed by atoms with Crippen molar-refractivity contribution in [1.29, 1.82) is 0 Å². The van der Waals surface area contributed by atoms with E-state index in [0.717, 1.165) is 5.69 Å². The van der Waals surface area contributed by atoms with Gasteiger partial charge in [0.2, 0.25) is 5.91 Å². The molecule has 1 heterocycles. The van der Waals surface area contributed by atoms with Crippen LogP contribution in [-0.2, 0) is 16.6 Å². The third-order valence-corrected chi connectivity index (χ3v) is 2.49. The van der Waals surface area contributed by atoms with Gasteiger partial charge in [-0.05, 0) is 18.1 Å². The van der Waals surface area contributed by atoms with Crippen LogP contribution in [0.4, 0.5) is 0 Å². The number of aromatic nitrogens is 2. The molecule has 1 aromatic rings. The molecule has 6 heteroatoms. The Bertz CT molecular complexity index is 463. The van der Waals surface area contributed by atoms with Gasteiger partial charge in [-0.25, -0.2) is 4.79 Å². The lowest BCUT2D eigenvalue weighted by molar-refractivity contribution is -0.142. The van der Waals surface area contributed by atoms with Gasteiger partial charge in [0.1, 0.15) is 6.04 Å². The lowest BCUT2D eigenvalue weighted by Crippen LogP contribution is -2.43. The van der Waals surface area contributed by atoms with Gasteiger partial charge in [-0.2, -0.15) is 5.10 Å². The van der Waals surface area contributed by atoms with E-state index in [2.05, 4.69) is 10.4 Å². The second kappa shape index (κ2) is 6.00.